The monoisotopic (exact) mass is 232 g/mol. The molecule has 1 aliphatic heterocycles. The van der Waals surface area contributed by atoms with Crippen LogP contribution >= 0.6 is 0 Å². The molecular weight excluding hydrogens is 212 g/mol. The van der Waals surface area contributed by atoms with E-state index in [2.05, 4.69) is 36.2 Å². The molecule has 0 amide bonds. The number of aliphatic imine (C=N–C) groups is 1. The van der Waals surface area contributed by atoms with Crippen LogP contribution in [0.1, 0.15) is 24.0 Å². The number of benzene rings is 1. The minimum absolute atomic E-state index is 0.282. The van der Waals surface area contributed by atoms with E-state index in [1.165, 1.54) is 11.1 Å². The Morgan fingerprint density at radius 1 is 1.47 bits per heavy atom. The number of nitrogens with zero attached hydrogens (tertiary/aromatic N) is 1. The average Bonchev–Trinajstić information content (AvgIpc) is 2.74. The molecule has 1 aliphatic rings. The van der Waals surface area contributed by atoms with Crippen LogP contribution in [0.25, 0.3) is 0 Å². The van der Waals surface area contributed by atoms with Crippen molar-refractivity contribution in [1.29, 1.82) is 0 Å². The first-order valence-corrected chi connectivity index (χ1v) is 6.23. The standard InChI is InChI=1S/C14H20N2O/c1-11-4-2-5-12(8-11)9-13-10-17-14(16-13)6-3-7-15/h2,4-5,8,13H,3,6-7,9-10,15H2,1H3. The number of ether oxygens (including phenoxy) is 1. The minimum Gasteiger partial charge on any atom is -0.479 e. The Morgan fingerprint density at radius 3 is 3.12 bits per heavy atom. The number of hydrogen-bond acceptors (Lipinski definition) is 3. The van der Waals surface area contributed by atoms with Gasteiger partial charge in [0.15, 0.2) is 5.90 Å². The van der Waals surface area contributed by atoms with E-state index in [0.29, 0.717) is 13.2 Å². The van der Waals surface area contributed by atoms with Gasteiger partial charge in [0.2, 0.25) is 0 Å². The lowest BCUT2D eigenvalue weighted by Crippen LogP contribution is -2.10. The molecular formula is C14H20N2O. The number of rotatable bonds is 5. The van der Waals surface area contributed by atoms with Crippen LogP contribution in [0.15, 0.2) is 29.3 Å². The second-order valence-corrected chi connectivity index (χ2v) is 4.57. The van der Waals surface area contributed by atoms with Crippen LogP contribution in [0, 0.1) is 6.92 Å². The van der Waals surface area contributed by atoms with Crippen LogP contribution in [-0.4, -0.2) is 25.1 Å². The molecule has 0 fully saturated rings. The molecule has 0 aromatic heterocycles. The lowest BCUT2D eigenvalue weighted by Gasteiger charge is -2.05. The summed E-state index contributed by atoms with van der Waals surface area (Å²) in [5.74, 6) is 0.883. The summed E-state index contributed by atoms with van der Waals surface area (Å²) in [6.07, 6.45) is 2.80. The fourth-order valence-electron chi connectivity index (χ4n) is 2.08. The second kappa shape index (κ2) is 5.82. The highest BCUT2D eigenvalue weighted by atomic mass is 16.5. The zero-order valence-electron chi connectivity index (χ0n) is 10.4. The average molecular weight is 232 g/mol. The molecule has 1 aromatic carbocycles. The third-order valence-electron chi connectivity index (χ3n) is 2.92. The molecule has 3 heteroatoms. The fraction of sp³-hybridized carbons (Fsp3) is 0.500. The van der Waals surface area contributed by atoms with E-state index in [9.17, 15) is 0 Å². The van der Waals surface area contributed by atoms with Crippen molar-refractivity contribution in [3.63, 3.8) is 0 Å². The first-order chi connectivity index (χ1) is 8.28. The summed E-state index contributed by atoms with van der Waals surface area (Å²) in [7, 11) is 0. The van der Waals surface area contributed by atoms with Gasteiger partial charge in [-0.3, -0.25) is 0 Å². The van der Waals surface area contributed by atoms with E-state index in [-0.39, 0.29) is 6.04 Å². The summed E-state index contributed by atoms with van der Waals surface area (Å²) >= 11 is 0. The molecule has 1 atom stereocenters. The summed E-state index contributed by atoms with van der Waals surface area (Å²) in [4.78, 5) is 4.59. The van der Waals surface area contributed by atoms with Gasteiger partial charge in [-0.05, 0) is 31.9 Å². The highest BCUT2D eigenvalue weighted by Crippen LogP contribution is 2.14. The lowest BCUT2D eigenvalue weighted by molar-refractivity contribution is 0.308. The van der Waals surface area contributed by atoms with Crippen LogP contribution in [0.2, 0.25) is 0 Å². The summed E-state index contributed by atoms with van der Waals surface area (Å²) in [6.45, 7) is 3.53. The van der Waals surface area contributed by atoms with Gasteiger partial charge in [0.1, 0.15) is 6.61 Å². The number of hydrogen-bond donors (Lipinski definition) is 1. The van der Waals surface area contributed by atoms with E-state index in [1.54, 1.807) is 0 Å². The van der Waals surface area contributed by atoms with Gasteiger partial charge in [-0.1, -0.05) is 29.8 Å². The topological polar surface area (TPSA) is 47.6 Å². The van der Waals surface area contributed by atoms with Gasteiger partial charge in [0.25, 0.3) is 0 Å². The molecule has 2 N–H and O–H groups in total. The first-order valence-electron chi connectivity index (χ1n) is 6.23. The largest absolute Gasteiger partial charge is 0.479 e. The Bertz CT molecular complexity index is 401. The fourth-order valence-corrected chi connectivity index (χ4v) is 2.08. The normalized spacial score (nSPS) is 18.9. The third-order valence-corrected chi connectivity index (χ3v) is 2.92. The van der Waals surface area contributed by atoms with Crippen LogP contribution in [0.4, 0.5) is 0 Å². The maximum atomic E-state index is 5.56. The first kappa shape index (κ1) is 12.1. The molecule has 0 spiro atoms. The summed E-state index contributed by atoms with van der Waals surface area (Å²) in [6, 6.07) is 8.86. The molecule has 17 heavy (non-hydrogen) atoms. The zero-order valence-corrected chi connectivity index (χ0v) is 10.4. The third kappa shape index (κ3) is 3.56. The Balaban J connectivity index is 1.90. The number of nitrogens with two attached hydrogens (primary N) is 1. The van der Waals surface area contributed by atoms with Gasteiger partial charge >= 0.3 is 0 Å². The zero-order chi connectivity index (χ0) is 12.1. The van der Waals surface area contributed by atoms with Gasteiger partial charge in [-0.15, -0.1) is 0 Å². The molecule has 0 radical (unpaired) electrons. The van der Waals surface area contributed by atoms with Crippen molar-refractivity contribution in [2.75, 3.05) is 13.2 Å². The summed E-state index contributed by atoms with van der Waals surface area (Å²) in [5.41, 5.74) is 8.11. The Labute approximate surface area is 103 Å². The molecule has 0 bridgehead atoms. The highest BCUT2D eigenvalue weighted by molar-refractivity contribution is 5.77. The van der Waals surface area contributed by atoms with Gasteiger partial charge in [-0.2, -0.15) is 0 Å². The summed E-state index contributed by atoms with van der Waals surface area (Å²) in [5, 5.41) is 0. The van der Waals surface area contributed by atoms with Gasteiger partial charge in [0, 0.05) is 6.42 Å². The molecule has 0 saturated heterocycles. The second-order valence-electron chi connectivity index (χ2n) is 4.57. The SMILES string of the molecule is Cc1cccc(CC2COC(CCCN)=N2)c1. The predicted molar refractivity (Wildman–Crippen MR) is 70.3 cm³/mol. The van der Waals surface area contributed by atoms with Crippen LogP contribution in [-0.2, 0) is 11.2 Å². The van der Waals surface area contributed by atoms with Crippen LogP contribution in [0.3, 0.4) is 0 Å². The number of aryl methyl sites for hydroxylation is 1. The minimum atomic E-state index is 0.282. The van der Waals surface area contributed by atoms with Crippen molar-refractivity contribution in [3.05, 3.63) is 35.4 Å². The van der Waals surface area contributed by atoms with Crippen molar-refractivity contribution >= 4 is 5.90 Å². The molecule has 3 nitrogen and oxygen atoms in total. The Kier molecular flexibility index (Phi) is 4.15. The van der Waals surface area contributed by atoms with E-state index in [1.807, 2.05) is 0 Å². The van der Waals surface area contributed by atoms with E-state index >= 15 is 0 Å². The highest BCUT2D eigenvalue weighted by Gasteiger charge is 2.18. The van der Waals surface area contributed by atoms with Gasteiger partial charge in [-0.25, -0.2) is 4.99 Å². The van der Waals surface area contributed by atoms with Crippen molar-refractivity contribution in [2.45, 2.75) is 32.2 Å². The van der Waals surface area contributed by atoms with Gasteiger partial charge in [0.05, 0.1) is 6.04 Å². The molecule has 0 saturated carbocycles. The molecule has 1 heterocycles. The Hall–Kier alpha value is -1.35. The molecule has 92 valence electrons. The summed E-state index contributed by atoms with van der Waals surface area (Å²) < 4.78 is 5.56. The van der Waals surface area contributed by atoms with E-state index in [0.717, 1.165) is 25.2 Å². The van der Waals surface area contributed by atoms with Crippen molar-refractivity contribution in [3.8, 4) is 0 Å². The van der Waals surface area contributed by atoms with E-state index < -0.39 is 0 Å². The molecule has 0 aliphatic carbocycles. The lowest BCUT2D eigenvalue weighted by atomic mass is 10.1. The van der Waals surface area contributed by atoms with Crippen molar-refractivity contribution < 1.29 is 4.74 Å². The van der Waals surface area contributed by atoms with Crippen molar-refractivity contribution in [1.82, 2.24) is 0 Å². The smallest absolute Gasteiger partial charge is 0.183 e. The van der Waals surface area contributed by atoms with Crippen molar-refractivity contribution in [2.24, 2.45) is 10.7 Å². The van der Waals surface area contributed by atoms with Gasteiger partial charge < -0.3 is 10.5 Å². The molecule has 1 unspecified atom stereocenters. The molecule has 2 rings (SSSR count). The maximum absolute atomic E-state index is 5.56. The van der Waals surface area contributed by atoms with Crippen LogP contribution < -0.4 is 5.73 Å². The van der Waals surface area contributed by atoms with E-state index in [4.69, 9.17) is 10.5 Å². The molecule has 1 aromatic rings. The quantitative estimate of drug-likeness (QED) is 0.845. The predicted octanol–water partition coefficient (Wildman–Crippen LogP) is 2.07. The Morgan fingerprint density at radius 2 is 2.35 bits per heavy atom. The maximum Gasteiger partial charge on any atom is 0.183 e. The van der Waals surface area contributed by atoms with Crippen LogP contribution in [0.5, 0.6) is 0 Å².